The van der Waals surface area contributed by atoms with Crippen LogP contribution in [0, 0.1) is 17.8 Å². The van der Waals surface area contributed by atoms with Gasteiger partial charge in [-0.15, -0.1) is 0 Å². The van der Waals surface area contributed by atoms with Gasteiger partial charge in [0.05, 0.1) is 53.7 Å². The molecule has 0 unspecified atom stereocenters. The Morgan fingerprint density at radius 2 is 1.27 bits per heavy atom. The number of cyclic esters (lactones) is 1. The van der Waals surface area contributed by atoms with E-state index >= 15 is 0 Å². The fraction of sp³-hybridized carbons (Fsp3) is 0.692. The maximum Gasteiger partial charge on any atom is 0.311 e. The molecule has 16 heteroatoms. The molecule has 6 rings (SSSR count). The minimum absolute atomic E-state index is 0.0691. The number of nitrogens with zero attached hydrogens (tertiary/aromatic N) is 2. The van der Waals surface area contributed by atoms with Gasteiger partial charge < -0.3 is 63.8 Å². The Hall–Kier alpha value is -3.41. The number of carbonyl (C=O) groups excluding carboxylic acids is 2. The van der Waals surface area contributed by atoms with Crippen molar-refractivity contribution in [3.63, 3.8) is 0 Å². The van der Waals surface area contributed by atoms with E-state index in [4.69, 9.17) is 28.4 Å². The SMILES string of the molecule is CC[C@H]1OC(=O)[C@H](C)[C@@H](O[C@H]2C[C@@](C)(OC)[C@@H](O)[C@H](C)O2)[C@H](C)[C@@H](O[C@@H]2O[C@H](C)C[C@H](N(C)C)[C@H]2O)[C@](C)(O)C[C@@H](C)CN(C(=O)CCCCCCCCC[P+](c2ccccc2)(c2ccccc2)c2ccccc2)[C@H](C)[C@@H](O)[C@]1(C)O. The second-order valence-corrected chi connectivity index (χ2v) is 28.7. The van der Waals surface area contributed by atoms with Crippen molar-refractivity contribution in [3.05, 3.63) is 91.0 Å². The highest BCUT2D eigenvalue weighted by atomic mass is 31.2. The van der Waals surface area contributed by atoms with Crippen LogP contribution >= 0.6 is 7.26 Å². The van der Waals surface area contributed by atoms with Crippen molar-refractivity contribution in [2.75, 3.05) is 33.9 Å². The van der Waals surface area contributed by atoms with Gasteiger partial charge in [-0.05, 0) is 143 Å². The van der Waals surface area contributed by atoms with Gasteiger partial charge in [0.1, 0.15) is 53.2 Å². The van der Waals surface area contributed by atoms with E-state index in [1.165, 1.54) is 29.9 Å². The van der Waals surface area contributed by atoms with Crippen LogP contribution in [0.2, 0.25) is 0 Å². The number of aliphatic hydroxyl groups excluding tert-OH is 3. The van der Waals surface area contributed by atoms with E-state index in [1.54, 1.807) is 53.4 Å². The quantitative estimate of drug-likeness (QED) is 0.0416. The first kappa shape index (κ1) is 66.7. The van der Waals surface area contributed by atoms with E-state index in [9.17, 15) is 35.1 Å². The monoisotopic (exact) mass is 1150 g/mol. The van der Waals surface area contributed by atoms with Crippen LogP contribution < -0.4 is 15.9 Å². The van der Waals surface area contributed by atoms with Gasteiger partial charge in [-0.1, -0.05) is 101 Å². The van der Waals surface area contributed by atoms with E-state index in [1.807, 2.05) is 32.8 Å². The lowest BCUT2D eigenvalue weighted by Gasteiger charge is -2.48. The third-order valence-corrected chi connectivity index (χ3v) is 22.7. The van der Waals surface area contributed by atoms with Crippen molar-refractivity contribution >= 4 is 35.1 Å². The van der Waals surface area contributed by atoms with Crippen LogP contribution in [0.25, 0.3) is 0 Å². The van der Waals surface area contributed by atoms with Crippen LogP contribution in [0.5, 0.6) is 0 Å². The Kier molecular flexibility index (Phi) is 24.4. The summed E-state index contributed by atoms with van der Waals surface area (Å²) in [6.07, 6.45) is -1.47. The smallest absolute Gasteiger partial charge is 0.311 e. The molecule has 15 nitrogen and oxygen atoms in total. The molecule has 3 saturated heterocycles. The van der Waals surface area contributed by atoms with Gasteiger partial charge in [-0.3, -0.25) is 9.59 Å². The summed E-state index contributed by atoms with van der Waals surface area (Å²) in [4.78, 5) is 32.9. The number of esters is 1. The lowest BCUT2D eigenvalue weighted by Crippen LogP contribution is -2.60. The van der Waals surface area contributed by atoms with Gasteiger partial charge in [0, 0.05) is 38.5 Å². The molecule has 81 heavy (non-hydrogen) atoms. The summed E-state index contributed by atoms with van der Waals surface area (Å²) >= 11 is 0. The number of unbranched alkanes of at least 4 members (excludes halogenated alkanes) is 6. The van der Waals surface area contributed by atoms with Crippen LogP contribution in [0.3, 0.4) is 0 Å². The standard InChI is InChI=1S/C65H102N2O13P/c1-14-53-65(10,74)58(70)47(6)67(54(68)37-29-18-16-15-17-19-30-38-81(49-31-23-20-24-32-49,50-33-25-21-26-34-50)51-35-27-22-28-36-51)42-43(2)40-63(8,73)60(80-62-56(69)52(66(11)12)39-44(3)76-62)45(4)57(46(5)61(72)78-53)79-55-41-64(9,75-13)59(71)48(7)77-55/h20-28,31-36,43-48,52-53,55-60,62,69-71,73-74H,14-19,29-30,37-42H2,1-13H3/q+1/t43-,44-,45+,46-,47-,48+,52+,53-,55+,56-,57+,58-,59+,60-,62+,63-,64-,65-/m1/s1. The maximum atomic E-state index is 14.7. The number of aliphatic hydroxyl groups is 5. The Labute approximate surface area is 485 Å². The van der Waals surface area contributed by atoms with Gasteiger partial charge in [-0.2, -0.15) is 0 Å². The normalized spacial score (nSPS) is 35.9. The Bertz CT molecular complexity index is 2270. The molecular formula is C65H102N2O13P+. The van der Waals surface area contributed by atoms with E-state index in [0.717, 1.165) is 44.7 Å². The average molecular weight is 1150 g/mol. The van der Waals surface area contributed by atoms with Crippen LogP contribution in [-0.2, 0) is 38.0 Å². The molecule has 0 aromatic heterocycles. The minimum Gasteiger partial charge on any atom is -0.459 e. The largest absolute Gasteiger partial charge is 0.459 e. The minimum atomic E-state index is -2.01. The molecule has 454 valence electrons. The predicted octanol–water partition coefficient (Wildman–Crippen LogP) is 7.91. The number of carbonyl (C=O) groups is 2. The highest BCUT2D eigenvalue weighted by molar-refractivity contribution is 7.95. The van der Waals surface area contributed by atoms with Crippen molar-refractivity contribution in [2.45, 2.75) is 237 Å². The van der Waals surface area contributed by atoms with Crippen LogP contribution in [-0.4, -0.2) is 171 Å². The number of benzene rings is 3. The number of likely N-dealkylation sites (N-methyl/N-ethyl adjacent to an activating group) is 1. The van der Waals surface area contributed by atoms with Crippen molar-refractivity contribution in [3.8, 4) is 0 Å². The average Bonchev–Trinajstić information content (AvgIpc) is 3.55. The van der Waals surface area contributed by atoms with Crippen LogP contribution in [0.15, 0.2) is 91.0 Å². The summed E-state index contributed by atoms with van der Waals surface area (Å²) in [5, 5.41) is 64.7. The molecule has 3 aliphatic heterocycles. The topological polar surface area (TPSA) is 197 Å². The lowest BCUT2D eigenvalue weighted by atomic mass is 9.77. The molecular weight excluding hydrogens is 1050 g/mol. The molecule has 3 aliphatic rings. The van der Waals surface area contributed by atoms with Crippen LogP contribution in [0.4, 0.5) is 0 Å². The maximum absolute atomic E-state index is 14.7. The van der Waals surface area contributed by atoms with Crippen molar-refractivity contribution in [2.24, 2.45) is 17.8 Å². The zero-order valence-corrected chi connectivity index (χ0v) is 52.0. The fourth-order valence-corrected chi connectivity index (χ4v) is 17.8. The highest BCUT2D eigenvalue weighted by Crippen LogP contribution is 2.56. The number of ether oxygens (including phenoxy) is 6. The molecule has 5 N–H and O–H groups in total. The van der Waals surface area contributed by atoms with Gasteiger partial charge >= 0.3 is 5.97 Å². The van der Waals surface area contributed by atoms with Gasteiger partial charge in [0.15, 0.2) is 12.6 Å². The molecule has 0 radical (unpaired) electrons. The Balaban J connectivity index is 1.20. The van der Waals surface area contributed by atoms with Gasteiger partial charge in [-0.25, -0.2) is 0 Å². The first-order valence-electron chi connectivity index (χ1n) is 30.2. The Morgan fingerprint density at radius 3 is 1.79 bits per heavy atom. The molecule has 3 heterocycles. The zero-order valence-electron chi connectivity index (χ0n) is 51.1. The summed E-state index contributed by atoms with van der Waals surface area (Å²) in [6, 6.07) is 31.7. The first-order valence-corrected chi connectivity index (χ1v) is 32.2. The van der Waals surface area contributed by atoms with Gasteiger partial charge in [0.25, 0.3) is 0 Å². The summed E-state index contributed by atoms with van der Waals surface area (Å²) in [7, 11) is 3.37. The predicted molar refractivity (Wildman–Crippen MR) is 320 cm³/mol. The number of methoxy groups -OCH3 is 1. The molecule has 0 aliphatic carbocycles. The van der Waals surface area contributed by atoms with Gasteiger partial charge in [0.2, 0.25) is 5.91 Å². The molecule has 0 bridgehead atoms. The molecule has 0 saturated carbocycles. The lowest BCUT2D eigenvalue weighted by molar-refractivity contribution is -0.318. The molecule has 3 aromatic rings. The molecule has 1 amide bonds. The van der Waals surface area contributed by atoms with E-state index in [-0.39, 0.29) is 50.3 Å². The third kappa shape index (κ3) is 16.1. The van der Waals surface area contributed by atoms with Crippen molar-refractivity contribution in [1.29, 1.82) is 0 Å². The second kappa shape index (κ2) is 29.6. The number of rotatable bonds is 20. The van der Waals surface area contributed by atoms with E-state index in [0.29, 0.717) is 12.8 Å². The van der Waals surface area contributed by atoms with Crippen molar-refractivity contribution in [1.82, 2.24) is 9.80 Å². The van der Waals surface area contributed by atoms with E-state index in [2.05, 4.69) is 91.0 Å². The van der Waals surface area contributed by atoms with Crippen LogP contribution in [0.1, 0.15) is 146 Å². The zero-order chi connectivity index (χ0) is 59.5. The number of hydrogen-bond donors (Lipinski definition) is 5. The van der Waals surface area contributed by atoms with E-state index < -0.39 is 109 Å². The summed E-state index contributed by atoms with van der Waals surface area (Å²) in [5.74, 6) is -3.29. The highest BCUT2D eigenvalue weighted by Gasteiger charge is 2.53. The first-order chi connectivity index (χ1) is 38.3. The Morgan fingerprint density at radius 1 is 0.741 bits per heavy atom. The fourth-order valence-electron chi connectivity index (χ4n) is 13.4. The summed E-state index contributed by atoms with van der Waals surface area (Å²) in [5.41, 5.74) is -4.81. The third-order valence-electron chi connectivity index (χ3n) is 18.2. The molecule has 18 atom stereocenters. The second-order valence-electron chi connectivity index (χ2n) is 25.0. The molecule has 0 spiro atoms. The summed E-state index contributed by atoms with van der Waals surface area (Å²) < 4.78 is 38.3. The molecule has 3 fully saturated rings. The van der Waals surface area contributed by atoms with Crippen molar-refractivity contribution < 1.29 is 63.5 Å². The number of hydrogen-bond acceptors (Lipinski definition) is 14. The number of amides is 1. The molecule has 3 aromatic carbocycles. The summed E-state index contributed by atoms with van der Waals surface area (Å²) in [6.45, 7) is 17.4.